The molecule has 2 aliphatic carbocycles. The maximum absolute atomic E-state index is 13.4. The van der Waals surface area contributed by atoms with Crippen LogP contribution in [0.2, 0.25) is 0 Å². The van der Waals surface area contributed by atoms with Crippen LogP contribution in [0.1, 0.15) is 71.1 Å². The van der Waals surface area contributed by atoms with Crippen molar-refractivity contribution in [3.8, 4) is 0 Å². The minimum absolute atomic E-state index is 0.190. The number of rotatable bonds is 9. The number of thiophene rings is 3. The highest BCUT2D eigenvalue weighted by Crippen LogP contribution is 2.50. The van der Waals surface area contributed by atoms with Gasteiger partial charge in [-0.3, -0.25) is 19.2 Å². The lowest BCUT2D eigenvalue weighted by Gasteiger charge is -2.15. The average Bonchev–Trinajstić information content (AvgIpc) is 3.98. The lowest BCUT2D eigenvalue weighted by Crippen LogP contribution is -2.09. The molecule has 0 aromatic carbocycles. The lowest BCUT2D eigenvalue weighted by molar-refractivity contribution is -0.116. The van der Waals surface area contributed by atoms with Crippen LogP contribution in [0.15, 0.2) is 82.5 Å². The zero-order chi connectivity index (χ0) is 37.2. The molecule has 2 fully saturated rings. The monoisotopic (exact) mass is 746 g/mol. The molecule has 2 saturated carbocycles. The van der Waals surface area contributed by atoms with Crippen LogP contribution in [-0.2, 0) is 32.3 Å². The number of allylic oxidation sites excluding steroid dienone is 11. The number of nitrogens with zero attached hydrogens (tertiary/aromatic N) is 2. The third-order valence-electron chi connectivity index (χ3n) is 10.5. The van der Waals surface area contributed by atoms with Crippen molar-refractivity contribution < 1.29 is 19.2 Å². The van der Waals surface area contributed by atoms with Crippen LogP contribution >= 0.6 is 34.0 Å². The summed E-state index contributed by atoms with van der Waals surface area (Å²) in [6, 6.07) is 4.29. The molecule has 52 heavy (non-hydrogen) atoms. The van der Waals surface area contributed by atoms with Crippen molar-refractivity contribution in [2.45, 2.75) is 74.4 Å². The van der Waals surface area contributed by atoms with Gasteiger partial charge in [0.15, 0.2) is 23.1 Å². The van der Waals surface area contributed by atoms with Crippen LogP contribution < -0.4 is 0 Å². The van der Waals surface area contributed by atoms with Gasteiger partial charge in [0.05, 0.1) is 52.0 Å². The quantitative estimate of drug-likeness (QED) is 0.111. The van der Waals surface area contributed by atoms with E-state index >= 15 is 0 Å². The van der Waals surface area contributed by atoms with E-state index in [2.05, 4.69) is 55.5 Å². The van der Waals surface area contributed by atoms with Gasteiger partial charge in [-0.15, -0.1) is 34.0 Å². The molecule has 0 spiro atoms. The predicted octanol–water partition coefficient (Wildman–Crippen LogP) is 11.2. The highest BCUT2D eigenvalue weighted by Gasteiger charge is 2.37. The fourth-order valence-electron chi connectivity index (χ4n) is 7.36. The molecule has 266 valence electrons. The number of carbonyl (C=O) groups excluding carboxylic acids is 4. The van der Waals surface area contributed by atoms with Crippen molar-refractivity contribution >= 4 is 110 Å². The van der Waals surface area contributed by atoms with Gasteiger partial charge < -0.3 is 9.13 Å². The Bertz CT molecular complexity index is 2560. The van der Waals surface area contributed by atoms with Gasteiger partial charge in [0.2, 0.25) is 0 Å². The van der Waals surface area contributed by atoms with Crippen LogP contribution in [0.25, 0.3) is 53.0 Å². The van der Waals surface area contributed by atoms with Crippen LogP contribution in [0.4, 0.5) is 0 Å². The Labute approximate surface area is 315 Å². The van der Waals surface area contributed by atoms with E-state index in [1.54, 1.807) is 97.3 Å². The molecule has 0 N–H and O–H groups in total. The summed E-state index contributed by atoms with van der Waals surface area (Å²) in [6.07, 6.45) is 13.9. The van der Waals surface area contributed by atoms with Crippen molar-refractivity contribution in [3.63, 3.8) is 0 Å². The van der Waals surface area contributed by atoms with Crippen molar-refractivity contribution in [2.75, 3.05) is 0 Å². The van der Waals surface area contributed by atoms with Crippen molar-refractivity contribution in [1.29, 1.82) is 0 Å². The van der Waals surface area contributed by atoms with Crippen LogP contribution in [0.3, 0.4) is 0 Å². The Morgan fingerprint density at radius 1 is 0.596 bits per heavy atom. The van der Waals surface area contributed by atoms with E-state index in [1.807, 2.05) is 0 Å². The zero-order valence-electron chi connectivity index (χ0n) is 30.6. The molecular formula is C43H42N2O4S3. The van der Waals surface area contributed by atoms with E-state index in [0.29, 0.717) is 34.1 Å². The van der Waals surface area contributed by atoms with E-state index in [0.717, 1.165) is 56.1 Å². The van der Waals surface area contributed by atoms with Crippen LogP contribution in [0, 0.1) is 11.8 Å². The fourth-order valence-corrected chi connectivity index (χ4v) is 11.2. The predicted molar refractivity (Wildman–Crippen MR) is 221 cm³/mol. The third kappa shape index (κ3) is 5.47. The smallest absolute Gasteiger partial charge is 0.197 e. The van der Waals surface area contributed by atoms with Crippen molar-refractivity contribution in [3.05, 3.63) is 92.3 Å². The lowest BCUT2D eigenvalue weighted by atomic mass is 10.1. The Morgan fingerprint density at radius 2 is 0.981 bits per heavy atom. The molecule has 5 aromatic rings. The summed E-state index contributed by atoms with van der Waals surface area (Å²) < 4.78 is 9.64. The summed E-state index contributed by atoms with van der Waals surface area (Å²) in [5.74, 6) is -0.0737. The maximum Gasteiger partial charge on any atom is 0.197 e. The standard InChI is InChI=1S/C43H42N2O4S3/c1-9-15-29-28(14-6)38(48)31(39(29)49)17-25-19-33-41(51-25)43-35(45(33)21-23(8)11-3)34-42(52-43)40-32(44(34)20-22(7)10-2)18-24(50-40)16-30-36(46)26(12-4)27(13-5)37(30)47/h9,12-19,22-23H,1,10-11,20-21H2,2-8H3/b26-12+,27-13+,28-14+,29-15+,31-17+. The molecule has 2 atom stereocenters. The largest absolute Gasteiger partial charge is 0.337 e. The van der Waals surface area contributed by atoms with Gasteiger partial charge >= 0.3 is 0 Å². The summed E-state index contributed by atoms with van der Waals surface area (Å²) in [4.78, 5) is 55.0. The first-order chi connectivity index (χ1) is 25.0. The minimum atomic E-state index is -0.264. The van der Waals surface area contributed by atoms with Gasteiger partial charge in [0, 0.05) is 45.1 Å². The fraction of sp³-hybridized carbons (Fsp3) is 0.302. The van der Waals surface area contributed by atoms with E-state index in [1.165, 1.54) is 20.4 Å². The molecular weight excluding hydrogens is 705 g/mol. The Kier molecular flexibility index (Phi) is 9.57. The molecule has 0 amide bonds. The maximum atomic E-state index is 13.4. The molecule has 0 aliphatic heterocycles. The molecule has 5 heterocycles. The summed E-state index contributed by atoms with van der Waals surface area (Å²) in [5.41, 5.74) is 6.87. The number of aromatic nitrogens is 2. The second-order valence-electron chi connectivity index (χ2n) is 13.8. The van der Waals surface area contributed by atoms with Crippen molar-refractivity contribution in [1.82, 2.24) is 9.13 Å². The van der Waals surface area contributed by atoms with Gasteiger partial charge in [-0.05, 0) is 56.9 Å². The minimum Gasteiger partial charge on any atom is -0.337 e. The molecule has 5 aromatic heterocycles. The summed E-state index contributed by atoms with van der Waals surface area (Å²) >= 11 is 5.05. The first-order valence-electron chi connectivity index (χ1n) is 18.0. The first kappa shape index (κ1) is 35.9. The molecule has 7 rings (SSSR count). The van der Waals surface area contributed by atoms with Gasteiger partial charge in [-0.2, -0.15) is 0 Å². The molecule has 2 unspecified atom stereocenters. The van der Waals surface area contributed by atoms with E-state index < -0.39 is 0 Å². The molecule has 0 bridgehead atoms. The number of hydrogen-bond donors (Lipinski definition) is 0. The normalized spacial score (nSPS) is 20.8. The molecule has 0 radical (unpaired) electrons. The van der Waals surface area contributed by atoms with Crippen LogP contribution in [0.5, 0.6) is 0 Å². The van der Waals surface area contributed by atoms with Gasteiger partial charge in [-0.1, -0.05) is 77.5 Å². The SMILES string of the molecule is C=C/C=C1/C(=O)/C(=C/c2cc3c(s2)c2sc4c5sc(C=C6C(=O)C(=C/C)/C(=C\C)C6=O)cc5n(CC(C)CC)c4c2n3CC(C)CC)C(=O)/C1=C/C. The Balaban J connectivity index is 1.45. The number of fused-ring (bicyclic) bond motifs is 7. The summed E-state index contributed by atoms with van der Waals surface area (Å²) in [6.45, 7) is 19.8. The topological polar surface area (TPSA) is 78.1 Å². The van der Waals surface area contributed by atoms with Gasteiger partial charge in [0.25, 0.3) is 0 Å². The summed E-state index contributed by atoms with van der Waals surface area (Å²) in [7, 11) is 0. The highest BCUT2D eigenvalue weighted by atomic mass is 32.1. The van der Waals surface area contributed by atoms with Gasteiger partial charge in [0.1, 0.15) is 0 Å². The van der Waals surface area contributed by atoms with Crippen LogP contribution in [-0.4, -0.2) is 32.3 Å². The zero-order valence-corrected chi connectivity index (χ0v) is 33.1. The molecule has 6 nitrogen and oxygen atoms in total. The molecule has 0 saturated heterocycles. The summed E-state index contributed by atoms with van der Waals surface area (Å²) in [5, 5.41) is 0. The third-order valence-corrected chi connectivity index (χ3v) is 14.1. The second kappa shape index (κ2) is 13.8. The van der Waals surface area contributed by atoms with Gasteiger partial charge in [-0.25, -0.2) is 0 Å². The number of Topliss-reactive ketones (excluding diaryl/α,β-unsaturated/α-hetero) is 4. The average molecular weight is 747 g/mol. The second-order valence-corrected chi connectivity index (χ2v) is 17.0. The van der Waals surface area contributed by atoms with E-state index in [9.17, 15) is 19.2 Å². The number of carbonyl (C=O) groups is 4. The molecule has 2 aliphatic rings. The molecule has 9 heteroatoms. The number of ketones is 4. The van der Waals surface area contributed by atoms with Crippen molar-refractivity contribution in [2.24, 2.45) is 11.8 Å². The Morgan fingerprint density at radius 3 is 1.35 bits per heavy atom. The first-order valence-corrected chi connectivity index (χ1v) is 20.4. The van der Waals surface area contributed by atoms with E-state index in [-0.39, 0.29) is 34.3 Å². The highest BCUT2D eigenvalue weighted by molar-refractivity contribution is 7.34. The number of hydrogen-bond acceptors (Lipinski definition) is 7. The van der Waals surface area contributed by atoms with E-state index in [4.69, 9.17) is 0 Å². The Hall–Kier alpha value is -4.44.